The van der Waals surface area contributed by atoms with Crippen LogP contribution in [0.4, 0.5) is 10.1 Å². The molecule has 0 aliphatic carbocycles. The Kier molecular flexibility index (Phi) is 6.67. The Morgan fingerprint density at radius 3 is 2.67 bits per heavy atom. The van der Waals surface area contributed by atoms with E-state index >= 15 is 0 Å². The summed E-state index contributed by atoms with van der Waals surface area (Å²) in [6, 6.07) is 16.2. The quantitative estimate of drug-likeness (QED) is 0.300. The monoisotopic (exact) mass is 483 g/mol. The molecule has 0 fully saturated rings. The van der Waals surface area contributed by atoms with Gasteiger partial charge in [0.2, 0.25) is 5.91 Å². The Labute approximate surface area is 198 Å². The highest BCUT2D eigenvalue weighted by Gasteiger charge is 2.19. The van der Waals surface area contributed by atoms with Crippen molar-refractivity contribution in [3.63, 3.8) is 0 Å². The molecule has 0 spiro atoms. The molecule has 33 heavy (non-hydrogen) atoms. The van der Waals surface area contributed by atoms with Crippen LogP contribution in [0.5, 0.6) is 5.75 Å². The highest BCUT2D eigenvalue weighted by molar-refractivity contribution is 7.99. The highest BCUT2D eigenvalue weighted by Crippen LogP contribution is 2.32. The van der Waals surface area contributed by atoms with Gasteiger partial charge in [0.05, 0.1) is 35.1 Å². The van der Waals surface area contributed by atoms with Crippen molar-refractivity contribution in [2.24, 2.45) is 0 Å². The summed E-state index contributed by atoms with van der Waals surface area (Å²) < 4.78 is 20.8. The third kappa shape index (κ3) is 4.72. The fourth-order valence-electron chi connectivity index (χ4n) is 3.29. The van der Waals surface area contributed by atoms with Gasteiger partial charge in [-0.3, -0.25) is 14.2 Å². The largest absolute Gasteiger partial charge is 0.495 e. The van der Waals surface area contributed by atoms with Crippen molar-refractivity contribution >= 4 is 45.9 Å². The van der Waals surface area contributed by atoms with E-state index in [9.17, 15) is 14.0 Å². The normalized spacial score (nSPS) is 10.9. The van der Waals surface area contributed by atoms with E-state index in [1.165, 1.54) is 23.8 Å². The summed E-state index contributed by atoms with van der Waals surface area (Å²) >= 11 is 7.31. The lowest BCUT2D eigenvalue weighted by Gasteiger charge is -2.17. The third-order valence-electron chi connectivity index (χ3n) is 4.93. The topological polar surface area (TPSA) is 73.2 Å². The number of fused-ring (bicyclic) bond motifs is 1. The zero-order chi connectivity index (χ0) is 23.5. The van der Waals surface area contributed by atoms with Crippen LogP contribution in [0.2, 0.25) is 5.02 Å². The number of thioether (sulfide) groups is 1. The molecule has 0 radical (unpaired) electrons. The van der Waals surface area contributed by atoms with E-state index in [1.807, 2.05) is 6.92 Å². The van der Waals surface area contributed by atoms with Gasteiger partial charge in [-0.1, -0.05) is 47.6 Å². The second-order valence-electron chi connectivity index (χ2n) is 7.14. The Balaban J connectivity index is 1.77. The lowest BCUT2D eigenvalue weighted by atomic mass is 10.2. The molecule has 1 aromatic heterocycles. The highest BCUT2D eigenvalue weighted by atomic mass is 35.5. The molecular weight excluding hydrogens is 465 g/mol. The van der Waals surface area contributed by atoms with Gasteiger partial charge in [-0.05, 0) is 42.8 Å². The first-order chi connectivity index (χ1) is 15.9. The first-order valence-electron chi connectivity index (χ1n) is 9.92. The molecule has 0 saturated heterocycles. The maximum atomic E-state index is 13.9. The van der Waals surface area contributed by atoms with Gasteiger partial charge >= 0.3 is 0 Å². The van der Waals surface area contributed by atoms with Crippen LogP contribution in [0.25, 0.3) is 16.6 Å². The van der Waals surface area contributed by atoms with Crippen molar-refractivity contribution in [2.75, 3.05) is 18.2 Å². The van der Waals surface area contributed by atoms with Gasteiger partial charge in [-0.15, -0.1) is 0 Å². The second-order valence-corrected chi connectivity index (χ2v) is 8.49. The molecule has 0 atom stereocenters. The second kappa shape index (κ2) is 9.64. The van der Waals surface area contributed by atoms with E-state index in [-0.39, 0.29) is 17.0 Å². The van der Waals surface area contributed by atoms with Crippen LogP contribution in [0.3, 0.4) is 0 Å². The fourth-order valence-corrected chi connectivity index (χ4v) is 4.25. The number of halogens is 2. The smallest absolute Gasteiger partial charge is 0.266 e. The zero-order valence-corrected chi connectivity index (χ0v) is 19.3. The number of amides is 1. The molecule has 1 heterocycles. The van der Waals surface area contributed by atoms with E-state index in [4.69, 9.17) is 16.3 Å². The van der Waals surface area contributed by atoms with Crippen LogP contribution >= 0.6 is 23.4 Å². The Hall–Kier alpha value is -3.36. The number of aryl methyl sites for hydroxylation is 1. The minimum Gasteiger partial charge on any atom is -0.495 e. The summed E-state index contributed by atoms with van der Waals surface area (Å²) in [5.41, 5.74) is 1.49. The van der Waals surface area contributed by atoms with Gasteiger partial charge in [0, 0.05) is 11.1 Å². The van der Waals surface area contributed by atoms with E-state index in [1.54, 1.807) is 48.5 Å². The van der Waals surface area contributed by atoms with Crippen LogP contribution < -0.4 is 15.6 Å². The van der Waals surface area contributed by atoms with Gasteiger partial charge < -0.3 is 10.1 Å². The molecule has 6 nitrogen and oxygen atoms in total. The number of carbonyl (C=O) groups is 1. The van der Waals surface area contributed by atoms with E-state index in [2.05, 4.69) is 10.3 Å². The molecule has 0 aliphatic heterocycles. The Morgan fingerprint density at radius 2 is 1.91 bits per heavy atom. The Morgan fingerprint density at radius 1 is 1.18 bits per heavy atom. The average molecular weight is 484 g/mol. The van der Waals surface area contributed by atoms with Crippen molar-refractivity contribution in [3.05, 3.63) is 87.4 Å². The number of aromatic nitrogens is 2. The first-order valence-corrected chi connectivity index (χ1v) is 11.3. The number of para-hydroxylation sites is 2. The molecule has 4 aromatic rings. The molecule has 168 valence electrons. The fraction of sp³-hybridized carbons (Fsp3) is 0.125. The van der Waals surface area contributed by atoms with E-state index in [0.717, 1.165) is 17.3 Å². The number of benzene rings is 3. The van der Waals surface area contributed by atoms with Crippen molar-refractivity contribution in [1.82, 2.24) is 9.55 Å². The van der Waals surface area contributed by atoms with E-state index in [0.29, 0.717) is 32.5 Å². The van der Waals surface area contributed by atoms with Crippen LogP contribution in [-0.2, 0) is 4.79 Å². The molecule has 1 N–H and O–H groups in total. The lowest BCUT2D eigenvalue weighted by molar-refractivity contribution is -0.113. The molecule has 1 amide bonds. The number of nitrogens with zero attached hydrogens (tertiary/aromatic N) is 2. The number of hydrogen-bond donors (Lipinski definition) is 1. The molecule has 3 aromatic carbocycles. The lowest BCUT2D eigenvalue weighted by Crippen LogP contribution is -2.23. The predicted octanol–water partition coefficient (Wildman–Crippen LogP) is 5.23. The SMILES string of the molecule is COc1cc(Cl)c(C)cc1-n1c(SCC(=O)Nc2ccccc2F)nc2ccccc2c1=O. The summed E-state index contributed by atoms with van der Waals surface area (Å²) in [5.74, 6) is -0.660. The molecular formula is C24H19ClFN3O3S. The standard InChI is InChI=1S/C24H19ClFN3O3S/c1-14-11-20(21(32-2)12-16(14)25)29-23(31)15-7-3-5-9-18(15)28-24(29)33-13-22(30)27-19-10-6-4-8-17(19)26/h3-12H,13H2,1-2H3,(H,27,30). The summed E-state index contributed by atoms with van der Waals surface area (Å²) in [6.45, 7) is 1.82. The molecule has 0 unspecified atom stereocenters. The molecule has 4 rings (SSSR count). The first kappa shape index (κ1) is 22.8. The summed E-state index contributed by atoms with van der Waals surface area (Å²) in [4.78, 5) is 30.6. The number of carbonyl (C=O) groups excluding carboxylic acids is 1. The molecule has 0 bridgehead atoms. The minimum absolute atomic E-state index is 0.0851. The summed E-state index contributed by atoms with van der Waals surface area (Å²) in [6.07, 6.45) is 0. The van der Waals surface area contributed by atoms with Gasteiger partial charge in [-0.25, -0.2) is 9.37 Å². The van der Waals surface area contributed by atoms with Crippen molar-refractivity contribution < 1.29 is 13.9 Å². The molecule has 9 heteroatoms. The van der Waals surface area contributed by atoms with Crippen LogP contribution in [0.1, 0.15) is 5.56 Å². The van der Waals surface area contributed by atoms with Gasteiger partial charge in [0.25, 0.3) is 5.56 Å². The van der Waals surface area contributed by atoms with Gasteiger partial charge in [0.15, 0.2) is 5.16 Å². The molecule has 0 saturated carbocycles. The third-order valence-corrected chi connectivity index (χ3v) is 6.27. The predicted molar refractivity (Wildman–Crippen MR) is 129 cm³/mol. The minimum atomic E-state index is -0.530. The maximum absolute atomic E-state index is 13.9. The van der Waals surface area contributed by atoms with Crippen LogP contribution in [0.15, 0.2) is 70.6 Å². The van der Waals surface area contributed by atoms with Gasteiger partial charge in [-0.2, -0.15) is 0 Å². The summed E-state index contributed by atoms with van der Waals surface area (Å²) in [7, 11) is 1.48. The number of methoxy groups -OCH3 is 1. The number of anilines is 1. The van der Waals surface area contributed by atoms with Crippen LogP contribution in [0, 0.1) is 12.7 Å². The number of ether oxygens (including phenoxy) is 1. The molecule has 0 aliphatic rings. The maximum Gasteiger partial charge on any atom is 0.266 e. The van der Waals surface area contributed by atoms with E-state index < -0.39 is 11.7 Å². The summed E-state index contributed by atoms with van der Waals surface area (Å²) in [5, 5.41) is 3.75. The zero-order valence-electron chi connectivity index (χ0n) is 17.8. The van der Waals surface area contributed by atoms with Crippen molar-refractivity contribution in [2.45, 2.75) is 12.1 Å². The number of nitrogens with one attached hydrogen (secondary N) is 1. The average Bonchev–Trinajstić information content (AvgIpc) is 2.81. The van der Waals surface area contributed by atoms with Crippen molar-refractivity contribution in [3.8, 4) is 11.4 Å². The Bertz CT molecular complexity index is 1420. The van der Waals surface area contributed by atoms with Crippen molar-refractivity contribution in [1.29, 1.82) is 0 Å². The number of hydrogen-bond acceptors (Lipinski definition) is 5. The number of rotatable bonds is 6. The van der Waals surface area contributed by atoms with Gasteiger partial charge in [0.1, 0.15) is 11.6 Å². The van der Waals surface area contributed by atoms with Crippen LogP contribution in [-0.4, -0.2) is 28.3 Å².